The number of halogens is 2. The van der Waals surface area contributed by atoms with Crippen LogP contribution >= 0.6 is 23.2 Å². The van der Waals surface area contributed by atoms with Crippen LogP contribution in [0.5, 0.6) is 0 Å². The van der Waals surface area contributed by atoms with Gasteiger partial charge in [-0.1, -0.05) is 23.2 Å². The minimum atomic E-state index is 0.397. The van der Waals surface area contributed by atoms with E-state index in [1.165, 1.54) is 0 Å². The Labute approximate surface area is 112 Å². The molecule has 2 atom stereocenters. The van der Waals surface area contributed by atoms with Crippen molar-refractivity contribution in [1.29, 1.82) is 0 Å². The third-order valence-corrected chi connectivity index (χ3v) is 3.96. The molecule has 1 aromatic carbocycles. The quantitative estimate of drug-likeness (QED) is 0.910. The number of benzene rings is 1. The van der Waals surface area contributed by atoms with Gasteiger partial charge in [0.1, 0.15) is 0 Å². The molecule has 0 aromatic heterocycles. The van der Waals surface area contributed by atoms with Crippen molar-refractivity contribution < 1.29 is 4.74 Å². The highest BCUT2D eigenvalue weighted by Crippen LogP contribution is 2.25. The molecule has 94 valence electrons. The van der Waals surface area contributed by atoms with Crippen molar-refractivity contribution in [2.24, 2.45) is 5.92 Å². The highest BCUT2D eigenvalue weighted by atomic mass is 35.5. The Kier molecular flexibility index (Phi) is 4.69. The minimum Gasteiger partial charge on any atom is -0.381 e. The fourth-order valence-electron chi connectivity index (χ4n) is 2.31. The Bertz CT molecular complexity index is 378. The second kappa shape index (κ2) is 6.05. The zero-order chi connectivity index (χ0) is 12.3. The zero-order valence-corrected chi connectivity index (χ0v) is 11.4. The molecule has 1 heterocycles. The first-order valence-electron chi connectivity index (χ1n) is 5.89. The van der Waals surface area contributed by atoms with E-state index in [0.29, 0.717) is 12.0 Å². The van der Waals surface area contributed by atoms with E-state index in [0.717, 1.165) is 41.7 Å². The van der Waals surface area contributed by atoms with Gasteiger partial charge >= 0.3 is 0 Å². The molecule has 1 saturated heterocycles. The third kappa shape index (κ3) is 3.35. The summed E-state index contributed by atoms with van der Waals surface area (Å²) in [7, 11) is 1.99. The Balaban J connectivity index is 2.09. The van der Waals surface area contributed by atoms with Gasteiger partial charge in [-0.15, -0.1) is 0 Å². The van der Waals surface area contributed by atoms with Gasteiger partial charge in [-0.25, -0.2) is 0 Å². The summed E-state index contributed by atoms with van der Waals surface area (Å²) in [6, 6.07) is 6.02. The monoisotopic (exact) mass is 273 g/mol. The topological polar surface area (TPSA) is 21.3 Å². The number of hydrogen-bond donors (Lipinski definition) is 1. The second-order valence-corrected chi connectivity index (χ2v) is 5.30. The maximum Gasteiger partial charge on any atom is 0.0510 e. The molecule has 0 radical (unpaired) electrons. The molecule has 17 heavy (non-hydrogen) atoms. The van der Waals surface area contributed by atoms with E-state index >= 15 is 0 Å². The number of likely N-dealkylation sites (N-methyl/N-ethyl adjacent to an activating group) is 1. The first kappa shape index (κ1) is 13.2. The van der Waals surface area contributed by atoms with E-state index in [-0.39, 0.29) is 0 Å². The van der Waals surface area contributed by atoms with Crippen LogP contribution in [0.3, 0.4) is 0 Å². The zero-order valence-electron chi connectivity index (χ0n) is 9.88. The Morgan fingerprint density at radius 2 is 2.29 bits per heavy atom. The second-order valence-electron chi connectivity index (χ2n) is 4.46. The maximum absolute atomic E-state index is 6.19. The summed E-state index contributed by atoms with van der Waals surface area (Å²) >= 11 is 12.2. The molecule has 0 amide bonds. The van der Waals surface area contributed by atoms with Gasteiger partial charge in [-0.05, 0) is 43.7 Å². The molecule has 0 spiro atoms. The highest BCUT2D eigenvalue weighted by molar-refractivity contribution is 6.33. The predicted octanol–water partition coefficient (Wildman–Crippen LogP) is 3.16. The van der Waals surface area contributed by atoms with Gasteiger partial charge in [0.2, 0.25) is 0 Å². The predicted molar refractivity (Wildman–Crippen MR) is 71.9 cm³/mol. The van der Waals surface area contributed by atoms with E-state index < -0.39 is 0 Å². The van der Waals surface area contributed by atoms with E-state index in [1.54, 1.807) is 0 Å². The average Bonchev–Trinajstić information content (AvgIpc) is 2.84. The van der Waals surface area contributed by atoms with Gasteiger partial charge in [0, 0.05) is 28.6 Å². The molecule has 1 fully saturated rings. The summed E-state index contributed by atoms with van der Waals surface area (Å²) in [5, 5.41) is 4.88. The molecule has 0 aliphatic carbocycles. The lowest BCUT2D eigenvalue weighted by atomic mass is 9.93. The fourth-order valence-corrected chi connectivity index (χ4v) is 2.70. The van der Waals surface area contributed by atoms with Crippen LogP contribution in [0, 0.1) is 5.92 Å². The average molecular weight is 274 g/mol. The van der Waals surface area contributed by atoms with E-state index in [9.17, 15) is 0 Å². The SMILES string of the molecule is CNC(Cc1cc(Cl)ccc1Cl)C1CCOC1. The summed E-state index contributed by atoms with van der Waals surface area (Å²) in [6.07, 6.45) is 2.01. The molecule has 2 nitrogen and oxygen atoms in total. The normalized spacial score (nSPS) is 21.7. The fraction of sp³-hybridized carbons (Fsp3) is 0.538. The van der Waals surface area contributed by atoms with Gasteiger partial charge < -0.3 is 10.1 Å². The summed E-state index contributed by atoms with van der Waals surface area (Å²) in [6.45, 7) is 1.70. The molecular weight excluding hydrogens is 257 g/mol. The van der Waals surface area contributed by atoms with Crippen molar-refractivity contribution in [3.05, 3.63) is 33.8 Å². The van der Waals surface area contributed by atoms with Gasteiger partial charge in [-0.3, -0.25) is 0 Å². The van der Waals surface area contributed by atoms with Crippen LogP contribution in [0.4, 0.5) is 0 Å². The lowest BCUT2D eigenvalue weighted by molar-refractivity contribution is 0.177. The molecule has 2 unspecified atom stereocenters. The molecule has 1 aliphatic heterocycles. The maximum atomic E-state index is 6.19. The number of rotatable bonds is 4. The van der Waals surface area contributed by atoms with Crippen LogP contribution in [-0.4, -0.2) is 26.3 Å². The lowest BCUT2D eigenvalue weighted by Gasteiger charge is -2.22. The van der Waals surface area contributed by atoms with Crippen LogP contribution in [0.1, 0.15) is 12.0 Å². The minimum absolute atomic E-state index is 0.397. The van der Waals surface area contributed by atoms with Crippen LogP contribution in [0.15, 0.2) is 18.2 Å². The van der Waals surface area contributed by atoms with Crippen molar-refractivity contribution >= 4 is 23.2 Å². The van der Waals surface area contributed by atoms with Crippen molar-refractivity contribution in [3.8, 4) is 0 Å². The Morgan fingerprint density at radius 1 is 1.47 bits per heavy atom. The van der Waals surface area contributed by atoms with Crippen molar-refractivity contribution in [3.63, 3.8) is 0 Å². The Morgan fingerprint density at radius 3 is 2.94 bits per heavy atom. The molecule has 4 heteroatoms. The molecule has 0 saturated carbocycles. The summed E-state index contributed by atoms with van der Waals surface area (Å²) in [5.74, 6) is 0.565. The summed E-state index contributed by atoms with van der Waals surface area (Å²) in [5.41, 5.74) is 1.10. The summed E-state index contributed by atoms with van der Waals surface area (Å²) < 4.78 is 5.43. The third-order valence-electron chi connectivity index (χ3n) is 3.35. The van der Waals surface area contributed by atoms with Gasteiger partial charge in [0.05, 0.1) is 6.61 Å². The molecule has 1 aromatic rings. The number of hydrogen-bond acceptors (Lipinski definition) is 2. The van der Waals surface area contributed by atoms with Crippen LogP contribution in [0.25, 0.3) is 0 Å². The van der Waals surface area contributed by atoms with Crippen LogP contribution in [-0.2, 0) is 11.2 Å². The first-order valence-corrected chi connectivity index (χ1v) is 6.65. The number of ether oxygens (including phenoxy) is 1. The first-order chi connectivity index (χ1) is 8.20. The number of nitrogens with one attached hydrogen (secondary N) is 1. The van der Waals surface area contributed by atoms with Crippen molar-refractivity contribution in [1.82, 2.24) is 5.32 Å². The largest absolute Gasteiger partial charge is 0.381 e. The summed E-state index contributed by atoms with van der Waals surface area (Å²) in [4.78, 5) is 0. The van der Waals surface area contributed by atoms with Crippen LogP contribution in [0.2, 0.25) is 10.0 Å². The molecule has 2 rings (SSSR count). The lowest BCUT2D eigenvalue weighted by Crippen LogP contribution is -2.36. The van der Waals surface area contributed by atoms with E-state index in [4.69, 9.17) is 27.9 Å². The Hall–Kier alpha value is -0.280. The van der Waals surface area contributed by atoms with Crippen LogP contribution < -0.4 is 5.32 Å². The molecule has 1 N–H and O–H groups in total. The standard InChI is InChI=1S/C13H17Cl2NO/c1-16-13(9-4-5-17-8-9)7-10-6-11(14)2-3-12(10)15/h2-3,6,9,13,16H,4-5,7-8H2,1H3. The smallest absolute Gasteiger partial charge is 0.0510 e. The molecule has 0 bridgehead atoms. The molecular formula is C13H17Cl2NO. The van der Waals surface area contributed by atoms with Gasteiger partial charge in [-0.2, -0.15) is 0 Å². The van der Waals surface area contributed by atoms with Gasteiger partial charge in [0.25, 0.3) is 0 Å². The van der Waals surface area contributed by atoms with Gasteiger partial charge in [0.15, 0.2) is 0 Å². The van der Waals surface area contributed by atoms with Crippen molar-refractivity contribution in [2.75, 3.05) is 20.3 Å². The van der Waals surface area contributed by atoms with Crippen molar-refractivity contribution in [2.45, 2.75) is 18.9 Å². The molecule has 1 aliphatic rings. The highest BCUT2D eigenvalue weighted by Gasteiger charge is 2.25. The van der Waals surface area contributed by atoms with E-state index in [1.807, 2.05) is 25.2 Å². The van der Waals surface area contributed by atoms with E-state index in [2.05, 4.69) is 5.32 Å².